The van der Waals surface area contributed by atoms with Gasteiger partial charge in [-0.15, -0.1) is 0 Å². The number of hydrogen-bond acceptors (Lipinski definition) is 4. The number of aromatic amines is 1. The van der Waals surface area contributed by atoms with Gasteiger partial charge in [-0.05, 0) is 31.7 Å². The Morgan fingerprint density at radius 3 is 2.95 bits per heavy atom. The van der Waals surface area contributed by atoms with Crippen LogP contribution in [0.25, 0.3) is 0 Å². The number of sulfonamides is 1. The summed E-state index contributed by atoms with van der Waals surface area (Å²) in [5, 5.41) is 9.93. The Bertz CT molecular complexity index is 541. The van der Waals surface area contributed by atoms with Crippen LogP contribution in [-0.2, 0) is 16.6 Å². The monoisotopic (exact) mass is 314 g/mol. The smallest absolute Gasteiger partial charge is 0.258 e. The molecule has 0 radical (unpaired) electrons. The third-order valence-corrected chi connectivity index (χ3v) is 5.48. The molecule has 1 fully saturated rings. The van der Waals surface area contributed by atoms with Gasteiger partial charge >= 0.3 is 0 Å². The van der Waals surface area contributed by atoms with E-state index in [9.17, 15) is 8.42 Å². The summed E-state index contributed by atoms with van der Waals surface area (Å²) in [4.78, 5) is 0. The zero-order chi connectivity index (χ0) is 15.3. The first-order valence-corrected chi connectivity index (χ1v) is 9.26. The summed E-state index contributed by atoms with van der Waals surface area (Å²) in [6.45, 7) is 5.63. The zero-order valence-electron chi connectivity index (χ0n) is 12.9. The first-order chi connectivity index (χ1) is 10.0. The number of hydrogen-bond donors (Lipinski definition) is 3. The summed E-state index contributed by atoms with van der Waals surface area (Å²) in [5.41, 5.74) is 0.694. The molecule has 0 aromatic carbocycles. The lowest BCUT2D eigenvalue weighted by atomic mass is 9.88. The lowest BCUT2D eigenvalue weighted by Gasteiger charge is -2.27. The molecule has 0 bridgehead atoms. The molecule has 2 rings (SSSR count). The molecule has 0 saturated heterocycles. The van der Waals surface area contributed by atoms with Gasteiger partial charge in [0.05, 0.1) is 6.20 Å². The Balaban J connectivity index is 2.03. The molecule has 0 spiro atoms. The second kappa shape index (κ2) is 7.38. The molecule has 7 heteroatoms. The highest BCUT2D eigenvalue weighted by Gasteiger charge is 2.27. The molecule has 21 heavy (non-hydrogen) atoms. The van der Waals surface area contributed by atoms with Crippen LogP contribution in [0.15, 0.2) is 11.2 Å². The van der Waals surface area contributed by atoms with Crippen molar-refractivity contribution in [3.8, 4) is 0 Å². The molecular weight excluding hydrogens is 288 g/mol. The van der Waals surface area contributed by atoms with Crippen LogP contribution in [0.4, 0.5) is 0 Å². The fourth-order valence-corrected chi connectivity index (χ4v) is 4.29. The quantitative estimate of drug-likeness (QED) is 0.669. The number of H-pyrrole nitrogens is 1. The van der Waals surface area contributed by atoms with Crippen LogP contribution in [0.3, 0.4) is 0 Å². The van der Waals surface area contributed by atoms with E-state index in [4.69, 9.17) is 0 Å². The van der Waals surface area contributed by atoms with Gasteiger partial charge in [0, 0.05) is 18.2 Å². The number of nitrogens with zero attached hydrogens (tertiary/aromatic N) is 1. The number of rotatable bonds is 7. The van der Waals surface area contributed by atoms with Gasteiger partial charge in [0.25, 0.3) is 10.0 Å². The lowest BCUT2D eigenvalue weighted by molar-refractivity contribution is 0.327. The number of nitrogens with one attached hydrogen (secondary N) is 3. The van der Waals surface area contributed by atoms with Gasteiger partial charge in [-0.25, -0.2) is 13.1 Å². The Labute approximate surface area is 127 Å². The standard InChI is InChI=1S/C14H26N4O2S/c1-3-7-15-9-12-10-16-17-14(12)21(19,20)18-13-6-4-5-11(2)8-13/h10-11,13,15,18H,3-9H2,1-2H3,(H,16,17). The van der Waals surface area contributed by atoms with E-state index in [2.05, 4.69) is 34.1 Å². The van der Waals surface area contributed by atoms with Crippen LogP contribution in [0.1, 0.15) is 51.5 Å². The maximum absolute atomic E-state index is 12.5. The highest BCUT2D eigenvalue weighted by Crippen LogP contribution is 2.25. The maximum atomic E-state index is 12.5. The third kappa shape index (κ3) is 4.52. The Hall–Kier alpha value is -0.920. The summed E-state index contributed by atoms with van der Waals surface area (Å²) in [6.07, 6.45) is 6.70. The summed E-state index contributed by atoms with van der Waals surface area (Å²) in [6, 6.07) is 0.0403. The van der Waals surface area contributed by atoms with Crippen molar-refractivity contribution < 1.29 is 8.42 Å². The van der Waals surface area contributed by atoms with E-state index in [1.165, 1.54) is 6.42 Å². The van der Waals surface area contributed by atoms with Crippen molar-refractivity contribution in [1.29, 1.82) is 0 Å². The zero-order valence-corrected chi connectivity index (χ0v) is 13.7. The minimum atomic E-state index is -3.52. The lowest BCUT2D eigenvalue weighted by Crippen LogP contribution is -2.38. The average molecular weight is 314 g/mol. The van der Waals surface area contributed by atoms with Crippen LogP contribution in [-0.4, -0.2) is 31.2 Å². The largest absolute Gasteiger partial charge is 0.313 e. The minimum Gasteiger partial charge on any atom is -0.313 e. The van der Waals surface area contributed by atoms with Crippen molar-refractivity contribution in [2.45, 2.75) is 63.6 Å². The normalized spacial score (nSPS) is 23.3. The predicted molar refractivity (Wildman–Crippen MR) is 82.3 cm³/mol. The molecule has 1 saturated carbocycles. The molecule has 1 aromatic rings. The summed E-state index contributed by atoms with van der Waals surface area (Å²) in [5.74, 6) is 0.582. The molecule has 1 aliphatic rings. The van der Waals surface area contributed by atoms with E-state index in [1.54, 1.807) is 6.20 Å². The fraction of sp³-hybridized carbons (Fsp3) is 0.786. The second-order valence-corrected chi connectivity index (χ2v) is 7.64. The van der Waals surface area contributed by atoms with E-state index >= 15 is 0 Å². The van der Waals surface area contributed by atoms with Crippen molar-refractivity contribution in [1.82, 2.24) is 20.2 Å². The maximum Gasteiger partial charge on any atom is 0.258 e. The number of aromatic nitrogens is 2. The molecule has 3 N–H and O–H groups in total. The third-order valence-electron chi connectivity index (χ3n) is 3.95. The van der Waals surface area contributed by atoms with Gasteiger partial charge in [-0.2, -0.15) is 5.10 Å². The molecule has 1 aromatic heterocycles. The van der Waals surface area contributed by atoms with E-state index in [-0.39, 0.29) is 11.1 Å². The Morgan fingerprint density at radius 2 is 2.24 bits per heavy atom. The molecule has 120 valence electrons. The molecule has 0 amide bonds. The van der Waals surface area contributed by atoms with Crippen LogP contribution in [0.5, 0.6) is 0 Å². The van der Waals surface area contributed by atoms with E-state index in [1.807, 2.05) is 0 Å². The van der Waals surface area contributed by atoms with Crippen molar-refractivity contribution in [2.24, 2.45) is 5.92 Å². The van der Waals surface area contributed by atoms with Gasteiger partial charge in [-0.3, -0.25) is 5.10 Å². The highest BCUT2D eigenvalue weighted by atomic mass is 32.2. The molecule has 1 aliphatic carbocycles. The molecule has 0 aliphatic heterocycles. The van der Waals surface area contributed by atoms with Crippen LogP contribution >= 0.6 is 0 Å². The Kier molecular flexibility index (Phi) is 5.78. The molecule has 2 atom stereocenters. The topological polar surface area (TPSA) is 86.9 Å². The minimum absolute atomic E-state index is 0.0403. The van der Waals surface area contributed by atoms with Gasteiger partial charge in [0.15, 0.2) is 5.03 Å². The first kappa shape index (κ1) is 16.5. The van der Waals surface area contributed by atoms with Crippen LogP contribution in [0.2, 0.25) is 0 Å². The van der Waals surface area contributed by atoms with Gasteiger partial charge in [-0.1, -0.05) is 26.7 Å². The Morgan fingerprint density at radius 1 is 1.43 bits per heavy atom. The summed E-state index contributed by atoms with van der Waals surface area (Å²) < 4.78 is 27.9. The van der Waals surface area contributed by atoms with Crippen LogP contribution in [0, 0.1) is 5.92 Å². The highest BCUT2D eigenvalue weighted by molar-refractivity contribution is 7.89. The fourth-order valence-electron chi connectivity index (χ4n) is 2.88. The SMILES string of the molecule is CCCNCc1cn[nH]c1S(=O)(=O)NC1CCCC(C)C1. The first-order valence-electron chi connectivity index (χ1n) is 7.78. The summed E-state index contributed by atoms with van der Waals surface area (Å²) in [7, 11) is -3.52. The van der Waals surface area contributed by atoms with E-state index < -0.39 is 10.0 Å². The molecule has 1 heterocycles. The van der Waals surface area contributed by atoms with Crippen molar-refractivity contribution >= 4 is 10.0 Å². The second-order valence-electron chi connectivity index (χ2n) is 5.99. The van der Waals surface area contributed by atoms with Gasteiger partial charge in [0.2, 0.25) is 0 Å². The molecule has 6 nitrogen and oxygen atoms in total. The molecular formula is C14H26N4O2S. The van der Waals surface area contributed by atoms with Crippen molar-refractivity contribution in [2.75, 3.05) is 6.54 Å². The van der Waals surface area contributed by atoms with Crippen LogP contribution < -0.4 is 10.0 Å². The summed E-state index contributed by atoms with van der Waals surface area (Å²) >= 11 is 0. The molecule has 2 unspecified atom stereocenters. The van der Waals surface area contributed by atoms with E-state index in [0.717, 1.165) is 32.2 Å². The van der Waals surface area contributed by atoms with Gasteiger partial charge in [0.1, 0.15) is 0 Å². The van der Waals surface area contributed by atoms with Crippen molar-refractivity contribution in [3.63, 3.8) is 0 Å². The van der Waals surface area contributed by atoms with E-state index in [0.29, 0.717) is 18.0 Å². The van der Waals surface area contributed by atoms with Crippen molar-refractivity contribution in [3.05, 3.63) is 11.8 Å². The average Bonchev–Trinajstić information content (AvgIpc) is 2.88. The van der Waals surface area contributed by atoms with Gasteiger partial charge < -0.3 is 5.32 Å². The predicted octanol–water partition coefficient (Wildman–Crippen LogP) is 1.77.